The van der Waals surface area contributed by atoms with Crippen LogP contribution in [0.5, 0.6) is 0 Å². The molecule has 0 spiro atoms. The first kappa shape index (κ1) is 9.91. The minimum Gasteiger partial charge on any atom is -0.279 e. The minimum atomic E-state index is 0.781. The first-order valence-electron chi connectivity index (χ1n) is 5.10. The smallest absolute Gasteiger partial charge is 0.0720 e. The number of fused-ring (bicyclic) bond motifs is 1. The Labute approximate surface area is 90.9 Å². The largest absolute Gasteiger partial charge is 0.279 e. The van der Waals surface area contributed by atoms with Gasteiger partial charge in [-0.3, -0.25) is 4.99 Å². The number of hydrogen-bond donors (Lipinski definition) is 0. The molecule has 1 aliphatic heterocycles. The van der Waals surface area contributed by atoms with Gasteiger partial charge in [0.25, 0.3) is 0 Å². The summed E-state index contributed by atoms with van der Waals surface area (Å²) >= 11 is 0. The van der Waals surface area contributed by atoms with Crippen molar-refractivity contribution in [2.75, 3.05) is 0 Å². The molecule has 0 radical (unpaired) electrons. The fourth-order valence-corrected chi connectivity index (χ4v) is 2.03. The third-order valence-corrected chi connectivity index (χ3v) is 2.82. The normalized spacial score (nSPS) is 13.3. The molecular formula is C14H15N. The van der Waals surface area contributed by atoms with Gasteiger partial charge in [0, 0.05) is 5.56 Å². The molecule has 1 heteroatoms. The Balaban J connectivity index is 2.57. The number of rotatable bonds is 2. The summed E-state index contributed by atoms with van der Waals surface area (Å²) in [6.45, 7) is 12.7. The topological polar surface area (TPSA) is 12.4 Å². The summed E-state index contributed by atoms with van der Waals surface area (Å²) in [7, 11) is 0. The van der Waals surface area contributed by atoms with Gasteiger partial charge in [0.15, 0.2) is 0 Å². The van der Waals surface area contributed by atoms with E-state index in [1.54, 1.807) is 6.08 Å². The van der Waals surface area contributed by atoms with Crippen molar-refractivity contribution in [3.05, 3.63) is 59.2 Å². The van der Waals surface area contributed by atoms with Gasteiger partial charge in [-0.25, -0.2) is 0 Å². The molecule has 1 heterocycles. The molecule has 1 aromatic rings. The Morgan fingerprint density at radius 3 is 2.80 bits per heavy atom. The van der Waals surface area contributed by atoms with Crippen molar-refractivity contribution in [3.63, 3.8) is 0 Å². The minimum absolute atomic E-state index is 0.781. The van der Waals surface area contributed by atoms with Gasteiger partial charge < -0.3 is 0 Å². The summed E-state index contributed by atoms with van der Waals surface area (Å²) in [5, 5.41) is 0. The number of aliphatic imine (C=N–C) groups is 1. The van der Waals surface area contributed by atoms with Gasteiger partial charge in [-0.05, 0) is 36.6 Å². The molecule has 0 aliphatic carbocycles. The summed E-state index contributed by atoms with van der Waals surface area (Å²) in [5.41, 5.74) is 7.08. The monoisotopic (exact) mass is 197 g/mol. The SMILES string of the molecule is C=CC(=C)C1=NCc2c(C)cc(C)cc21. The quantitative estimate of drug-likeness (QED) is 0.645. The second kappa shape index (κ2) is 3.50. The lowest BCUT2D eigenvalue weighted by atomic mass is 9.95. The number of hydrogen-bond acceptors (Lipinski definition) is 1. The van der Waals surface area contributed by atoms with Crippen LogP contribution in [0.15, 0.2) is 41.9 Å². The van der Waals surface area contributed by atoms with E-state index in [1.807, 2.05) is 0 Å². The number of benzene rings is 1. The number of allylic oxidation sites excluding steroid dienone is 2. The highest BCUT2D eigenvalue weighted by atomic mass is 14.8. The van der Waals surface area contributed by atoms with Crippen molar-refractivity contribution in [2.45, 2.75) is 20.4 Å². The van der Waals surface area contributed by atoms with E-state index in [0.717, 1.165) is 17.8 Å². The van der Waals surface area contributed by atoms with Gasteiger partial charge in [0.05, 0.1) is 12.3 Å². The van der Waals surface area contributed by atoms with Crippen LogP contribution in [0, 0.1) is 13.8 Å². The summed E-state index contributed by atoms with van der Waals surface area (Å²) in [6.07, 6.45) is 1.77. The van der Waals surface area contributed by atoms with Crippen molar-refractivity contribution in [3.8, 4) is 0 Å². The Morgan fingerprint density at radius 2 is 2.13 bits per heavy atom. The van der Waals surface area contributed by atoms with Crippen molar-refractivity contribution in [2.24, 2.45) is 4.99 Å². The zero-order chi connectivity index (χ0) is 11.0. The highest BCUT2D eigenvalue weighted by molar-refractivity contribution is 6.16. The van der Waals surface area contributed by atoms with Gasteiger partial charge in [0.1, 0.15) is 0 Å². The molecule has 76 valence electrons. The van der Waals surface area contributed by atoms with Gasteiger partial charge >= 0.3 is 0 Å². The summed E-state index contributed by atoms with van der Waals surface area (Å²) < 4.78 is 0. The highest BCUT2D eigenvalue weighted by Gasteiger charge is 2.18. The Morgan fingerprint density at radius 1 is 1.40 bits per heavy atom. The fourth-order valence-electron chi connectivity index (χ4n) is 2.03. The summed E-state index contributed by atoms with van der Waals surface area (Å²) in [4.78, 5) is 4.52. The molecule has 0 aromatic heterocycles. The third-order valence-electron chi connectivity index (χ3n) is 2.82. The van der Waals surface area contributed by atoms with Crippen molar-refractivity contribution in [1.82, 2.24) is 0 Å². The van der Waals surface area contributed by atoms with Gasteiger partial charge in [-0.15, -0.1) is 0 Å². The van der Waals surface area contributed by atoms with Crippen LogP contribution in [0.25, 0.3) is 0 Å². The maximum Gasteiger partial charge on any atom is 0.0720 e. The lowest BCUT2D eigenvalue weighted by molar-refractivity contribution is 1.08. The molecule has 0 fully saturated rings. The predicted molar refractivity (Wildman–Crippen MR) is 65.5 cm³/mol. The van der Waals surface area contributed by atoms with Crippen molar-refractivity contribution >= 4 is 5.71 Å². The van der Waals surface area contributed by atoms with E-state index in [2.05, 4.69) is 44.1 Å². The molecule has 0 saturated carbocycles. The van der Waals surface area contributed by atoms with E-state index < -0.39 is 0 Å². The zero-order valence-corrected chi connectivity index (χ0v) is 9.30. The summed E-state index contributed by atoms with van der Waals surface area (Å²) in [5.74, 6) is 0. The molecule has 0 unspecified atom stereocenters. The van der Waals surface area contributed by atoms with Crippen molar-refractivity contribution in [1.29, 1.82) is 0 Å². The zero-order valence-electron chi connectivity index (χ0n) is 9.30. The average Bonchev–Trinajstić information content (AvgIpc) is 2.60. The second-order valence-electron chi connectivity index (χ2n) is 4.00. The first-order valence-corrected chi connectivity index (χ1v) is 5.10. The van der Waals surface area contributed by atoms with E-state index in [4.69, 9.17) is 0 Å². The van der Waals surface area contributed by atoms with Crippen molar-refractivity contribution < 1.29 is 0 Å². The third kappa shape index (κ3) is 1.54. The molecule has 0 bridgehead atoms. The predicted octanol–water partition coefficient (Wildman–Crippen LogP) is 3.35. The van der Waals surface area contributed by atoms with E-state index in [0.29, 0.717) is 0 Å². The Bertz CT molecular complexity index is 478. The van der Waals surface area contributed by atoms with Crippen LogP contribution >= 0.6 is 0 Å². The number of aryl methyl sites for hydroxylation is 2. The molecule has 1 nitrogen and oxygen atoms in total. The molecular weight excluding hydrogens is 182 g/mol. The van der Waals surface area contributed by atoms with Crippen LogP contribution in [-0.4, -0.2) is 5.71 Å². The van der Waals surface area contributed by atoms with E-state index in [1.165, 1.54) is 22.3 Å². The van der Waals surface area contributed by atoms with E-state index in [9.17, 15) is 0 Å². The molecule has 0 N–H and O–H groups in total. The molecule has 0 saturated heterocycles. The van der Waals surface area contributed by atoms with Crippen LogP contribution in [0.3, 0.4) is 0 Å². The van der Waals surface area contributed by atoms with Gasteiger partial charge in [-0.2, -0.15) is 0 Å². The molecule has 0 atom stereocenters. The molecule has 2 rings (SSSR count). The standard InChI is InChI=1S/C14H15N/c1-5-10(3)14-12-7-9(2)6-11(4)13(12)8-15-14/h5-7H,1,3,8H2,2,4H3. The molecule has 0 amide bonds. The molecule has 1 aromatic carbocycles. The van der Waals surface area contributed by atoms with E-state index in [-0.39, 0.29) is 0 Å². The van der Waals surface area contributed by atoms with Gasteiger partial charge in [0.2, 0.25) is 0 Å². The van der Waals surface area contributed by atoms with Crippen LogP contribution < -0.4 is 0 Å². The van der Waals surface area contributed by atoms with Crippen LogP contribution in [0.1, 0.15) is 22.3 Å². The lowest BCUT2D eigenvalue weighted by Crippen LogP contribution is -2.01. The Kier molecular flexibility index (Phi) is 2.31. The molecule has 1 aliphatic rings. The fraction of sp³-hybridized carbons (Fsp3) is 0.214. The van der Waals surface area contributed by atoms with Crippen LogP contribution in [0.2, 0.25) is 0 Å². The Hall–Kier alpha value is -1.63. The number of nitrogens with zero attached hydrogens (tertiary/aromatic N) is 1. The first-order chi connectivity index (χ1) is 7.13. The molecule has 15 heavy (non-hydrogen) atoms. The lowest BCUT2D eigenvalue weighted by Gasteiger charge is -2.07. The maximum atomic E-state index is 4.52. The summed E-state index contributed by atoms with van der Waals surface area (Å²) in [6, 6.07) is 4.39. The maximum absolute atomic E-state index is 4.52. The van der Waals surface area contributed by atoms with E-state index >= 15 is 0 Å². The average molecular weight is 197 g/mol. The van der Waals surface area contributed by atoms with Crippen LogP contribution in [0.4, 0.5) is 0 Å². The van der Waals surface area contributed by atoms with Gasteiger partial charge in [-0.1, -0.05) is 30.9 Å². The van der Waals surface area contributed by atoms with Crippen LogP contribution in [-0.2, 0) is 6.54 Å². The highest BCUT2D eigenvalue weighted by Crippen LogP contribution is 2.26. The second-order valence-corrected chi connectivity index (χ2v) is 4.00.